The Kier molecular flexibility index (Phi) is 20.2. The first-order chi connectivity index (χ1) is 21.3. The van der Waals surface area contributed by atoms with Gasteiger partial charge in [0.1, 0.15) is 30.1 Å². The zero-order valence-electron chi connectivity index (χ0n) is 28.7. The van der Waals surface area contributed by atoms with E-state index in [4.69, 9.17) is 23.7 Å². The summed E-state index contributed by atoms with van der Waals surface area (Å²) >= 11 is 0. The Labute approximate surface area is 268 Å². The molecular formula is C36H65NO7. The SMILES string of the molecule is CC=CO[C@H]1O[C@@H]2COC(C)(C)O[C@H]2[C@H](OCCCCCCCCCC)C1NC(=O)CC(=O)CCCCCCCCCCC. The van der Waals surface area contributed by atoms with E-state index in [-0.39, 0.29) is 18.1 Å². The summed E-state index contributed by atoms with van der Waals surface area (Å²) in [5.41, 5.74) is 0. The van der Waals surface area contributed by atoms with Gasteiger partial charge in [0.15, 0.2) is 5.79 Å². The summed E-state index contributed by atoms with van der Waals surface area (Å²) < 4.78 is 30.9. The number of allylic oxidation sites excluding steroid dienone is 1. The van der Waals surface area contributed by atoms with Crippen LogP contribution in [0.2, 0.25) is 0 Å². The maximum atomic E-state index is 13.2. The Morgan fingerprint density at radius 3 is 2.00 bits per heavy atom. The first-order valence-electron chi connectivity index (χ1n) is 18.0. The second-order valence-electron chi connectivity index (χ2n) is 13.1. The van der Waals surface area contributed by atoms with Crippen molar-refractivity contribution in [1.82, 2.24) is 5.32 Å². The summed E-state index contributed by atoms with van der Waals surface area (Å²) in [7, 11) is 0. The average molecular weight is 624 g/mol. The molecule has 0 saturated carbocycles. The summed E-state index contributed by atoms with van der Waals surface area (Å²) in [6, 6.07) is -0.636. The maximum Gasteiger partial charge on any atom is 0.227 e. The van der Waals surface area contributed by atoms with Crippen molar-refractivity contribution in [3.63, 3.8) is 0 Å². The van der Waals surface area contributed by atoms with Gasteiger partial charge in [-0.2, -0.15) is 0 Å². The molecule has 2 heterocycles. The van der Waals surface area contributed by atoms with Crippen LogP contribution in [0.3, 0.4) is 0 Å². The van der Waals surface area contributed by atoms with Gasteiger partial charge in [0.05, 0.1) is 19.3 Å². The van der Waals surface area contributed by atoms with Gasteiger partial charge >= 0.3 is 0 Å². The Bertz CT molecular complexity index is 801. The molecule has 2 aliphatic heterocycles. The van der Waals surface area contributed by atoms with Crippen molar-refractivity contribution in [3.8, 4) is 0 Å². The Morgan fingerprint density at radius 1 is 0.841 bits per heavy atom. The average Bonchev–Trinajstić information content (AvgIpc) is 2.99. The third-order valence-corrected chi connectivity index (χ3v) is 8.56. The van der Waals surface area contributed by atoms with Crippen LogP contribution >= 0.6 is 0 Å². The number of hydrogen-bond acceptors (Lipinski definition) is 7. The molecule has 2 fully saturated rings. The topological polar surface area (TPSA) is 92.3 Å². The van der Waals surface area contributed by atoms with E-state index in [9.17, 15) is 9.59 Å². The zero-order valence-corrected chi connectivity index (χ0v) is 28.7. The fourth-order valence-electron chi connectivity index (χ4n) is 6.04. The molecule has 1 N–H and O–H groups in total. The van der Waals surface area contributed by atoms with Crippen molar-refractivity contribution in [3.05, 3.63) is 12.3 Å². The molecule has 2 saturated heterocycles. The molecule has 8 heteroatoms. The van der Waals surface area contributed by atoms with Crippen LogP contribution in [-0.4, -0.2) is 61.3 Å². The van der Waals surface area contributed by atoms with E-state index in [1.807, 2.05) is 20.8 Å². The number of Topliss-reactive ketones (excluding diaryl/α,β-unsaturated/α-hetero) is 1. The lowest BCUT2D eigenvalue weighted by Crippen LogP contribution is -2.69. The van der Waals surface area contributed by atoms with Crippen molar-refractivity contribution in [2.45, 2.75) is 193 Å². The number of carbonyl (C=O) groups is 2. The lowest BCUT2D eigenvalue weighted by Gasteiger charge is -2.50. The Hall–Kier alpha value is -1.48. The molecule has 0 aromatic carbocycles. The van der Waals surface area contributed by atoms with Crippen LogP contribution in [-0.2, 0) is 33.3 Å². The summed E-state index contributed by atoms with van der Waals surface area (Å²) in [5, 5.41) is 3.05. The number of ketones is 1. The number of fused-ring (bicyclic) bond motifs is 1. The first-order valence-corrected chi connectivity index (χ1v) is 18.0. The van der Waals surface area contributed by atoms with Gasteiger partial charge in [0, 0.05) is 13.0 Å². The quantitative estimate of drug-likeness (QED) is 0.0621. The van der Waals surface area contributed by atoms with Gasteiger partial charge in [-0.15, -0.1) is 0 Å². The number of hydrogen-bond donors (Lipinski definition) is 1. The molecule has 0 aromatic rings. The van der Waals surface area contributed by atoms with Crippen LogP contribution in [0, 0.1) is 0 Å². The predicted octanol–water partition coefficient (Wildman–Crippen LogP) is 8.30. The normalized spacial score (nSPS) is 24.7. The molecule has 0 bridgehead atoms. The van der Waals surface area contributed by atoms with Crippen LogP contribution in [0.25, 0.3) is 0 Å². The third-order valence-electron chi connectivity index (χ3n) is 8.56. The van der Waals surface area contributed by atoms with Crippen molar-refractivity contribution < 1.29 is 33.3 Å². The van der Waals surface area contributed by atoms with Crippen LogP contribution in [0.15, 0.2) is 12.3 Å². The van der Waals surface area contributed by atoms with Gasteiger partial charge in [-0.1, -0.05) is 116 Å². The second-order valence-corrected chi connectivity index (χ2v) is 13.1. The molecule has 2 aliphatic rings. The van der Waals surface area contributed by atoms with Crippen LogP contribution in [0.5, 0.6) is 0 Å². The molecule has 0 aromatic heterocycles. The molecular weight excluding hydrogens is 558 g/mol. The lowest BCUT2D eigenvalue weighted by atomic mass is 9.94. The van der Waals surface area contributed by atoms with Crippen LogP contribution < -0.4 is 5.32 Å². The van der Waals surface area contributed by atoms with Crippen molar-refractivity contribution in [2.24, 2.45) is 0 Å². The molecule has 2 rings (SSSR count). The molecule has 1 amide bonds. The van der Waals surface area contributed by atoms with E-state index in [0.29, 0.717) is 19.6 Å². The summed E-state index contributed by atoms with van der Waals surface area (Å²) in [6.07, 6.45) is 21.8. The molecule has 5 atom stereocenters. The number of amides is 1. The fraction of sp³-hybridized carbons (Fsp3) is 0.889. The first kappa shape index (κ1) is 38.7. The molecule has 0 radical (unpaired) electrons. The van der Waals surface area contributed by atoms with E-state index in [1.165, 1.54) is 77.0 Å². The highest BCUT2D eigenvalue weighted by molar-refractivity contribution is 5.98. The van der Waals surface area contributed by atoms with Gasteiger partial charge in [-0.3, -0.25) is 9.59 Å². The minimum absolute atomic E-state index is 0.0363. The highest BCUT2D eigenvalue weighted by atomic mass is 16.8. The minimum Gasteiger partial charge on any atom is -0.471 e. The molecule has 44 heavy (non-hydrogen) atoms. The molecule has 8 nitrogen and oxygen atoms in total. The van der Waals surface area contributed by atoms with Gasteiger partial charge < -0.3 is 29.0 Å². The summed E-state index contributed by atoms with van der Waals surface area (Å²) in [6.45, 7) is 11.0. The smallest absolute Gasteiger partial charge is 0.227 e. The van der Waals surface area contributed by atoms with Gasteiger partial charge in [-0.05, 0) is 33.6 Å². The molecule has 256 valence electrons. The van der Waals surface area contributed by atoms with E-state index < -0.39 is 36.4 Å². The fourth-order valence-corrected chi connectivity index (χ4v) is 6.04. The van der Waals surface area contributed by atoms with Crippen LogP contribution in [0.4, 0.5) is 0 Å². The number of carbonyl (C=O) groups excluding carboxylic acids is 2. The lowest BCUT2D eigenvalue weighted by molar-refractivity contribution is -0.368. The number of rotatable bonds is 25. The largest absolute Gasteiger partial charge is 0.471 e. The Balaban J connectivity index is 1.92. The molecule has 1 unspecified atom stereocenters. The highest BCUT2D eigenvalue weighted by Crippen LogP contribution is 2.34. The van der Waals surface area contributed by atoms with Gasteiger partial charge in [0.25, 0.3) is 0 Å². The maximum absolute atomic E-state index is 13.2. The number of nitrogens with one attached hydrogen (secondary N) is 1. The monoisotopic (exact) mass is 623 g/mol. The van der Waals surface area contributed by atoms with Crippen molar-refractivity contribution >= 4 is 11.7 Å². The second kappa shape index (κ2) is 22.9. The summed E-state index contributed by atoms with van der Waals surface area (Å²) in [5.74, 6) is -1.17. The van der Waals surface area contributed by atoms with Gasteiger partial charge in [-0.25, -0.2) is 0 Å². The number of ether oxygens (including phenoxy) is 5. The molecule has 0 aliphatic carbocycles. The van der Waals surface area contributed by atoms with Gasteiger partial charge in [0.2, 0.25) is 12.2 Å². The number of unbranched alkanes of at least 4 members (excludes halogenated alkanes) is 15. The van der Waals surface area contributed by atoms with Crippen molar-refractivity contribution in [2.75, 3.05) is 13.2 Å². The summed E-state index contributed by atoms with van der Waals surface area (Å²) in [4.78, 5) is 25.9. The Morgan fingerprint density at radius 2 is 1.41 bits per heavy atom. The van der Waals surface area contributed by atoms with E-state index in [1.54, 1.807) is 12.3 Å². The van der Waals surface area contributed by atoms with Crippen LogP contribution in [0.1, 0.15) is 157 Å². The third kappa shape index (κ3) is 15.7. The molecule has 0 spiro atoms. The van der Waals surface area contributed by atoms with Crippen molar-refractivity contribution in [1.29, 1.82) is 0 Å². The predicted molar refractivity (Wildman–Crippen MR) is 175 cm³/mol. The standard InChI is InChI=1S/C36H65NO7/c1-6-9-11-13-15-17-18-20-22-24-29(38)27-31(39)37-32-34(40-26-23-21-19-16-14-12-10-7-2)33-30(28-42-36(4,5)44-33)43-35(32)41-25-8-3/h8,25,30,32-35H,6-7,9-24,26-28H2,1-5H3,(H,37,39)/t30-,32?,33-,34-,35+/m1/s1. The van der Waals surface area contributed by atoms with E-state index in [0.717, 1.165) is 32.1 Å². The van der Waals surface area contributed by atoms with E-state index in [2.05, 4.69) is 19.2 Å². The zero-order chi connectivity index (χ0) is 32.0. The highest BCUT2D eigenvalue weighted by Gasteiger charge is 2.53. The van der Waals surface area contributed by atoms with E-state index >= 15 is 0 Å². The minimum atomic E-state index is -0.804.